The Morgan fingerprint density at radius 2 is 2.67 bits per heavy atom. The first-order valence-corrected chi connectivity index (χ1v) is 2.35. The Balaban J connectivity index is 2.76. The minimum atomic E-state index is 0.199. The van der Waals surface area contributed by atoms with Crippen molar-refractivity contribution in [2.75, 3.05) is 5.73 Å². The molecule has 1 rings (SSSR count). The number of anilines is 1. The molecule has 0 amide bonds. The molecule has 0 aliphatic heterocycles. The summed E-state index contributed by atoms with van der Waals surface area (Å²) in [6, 6.07) is 1.90. The lowest BCUT2D eigenvalue weighted by Gasteiger charge is -1.83. The fourth-order valence-electron chi connectivity index (χ4n) is 0.463. The third-order valence-corrected chi connectivity index (χ3v) is 0.789. The highest BCUT2D eigenvalue weighted by molar-refractivity contribution is 5.19. The van der Waals surface area contributed by atoms with E-state index in [1.807, 2.05) is 6.07 Å². The molecule has 5 nitrogen and oxygen atoms in total. The molecule has 1 heterocycles. The van der Waals surface area contributed by atoms with E-state index in [1.165, 1.54) is 10.9 Å². The standard InChI is InChI=1S/C4H5N5/c5-1-2-9-3-4(6)7-8-9/h3H,2,6H2. The number of hydrogen-bond donors (Lipinski definition) is 1. The van der Waals surface area contributed by atoms with Crippen LogP contribution in [0.1, 0.15) is 0 Å². The molecule has 0 aromatic carbocycles. The first kappa shape index (κ1) is 5.56. The summed E-state index contributed by atoms with van der Waals surface area (Å²) in [7, 11) is 0. The van der Waals surface area contributed by atoms with Crippen molar-refractivity contribution in [2.45, 2.75) is 6.54 Å². The molecule has 1 aromatic rings. The highest BCUT2D eigenvalue weighted by atomic mass is 15.4. The predicted octanol–water partition coefficient (Wildman–Crippen LogP) is -0.616. The first-order valence-electron chi connectivity index (χ1n) is 2.35. The van der Waals surface area contributed by atoms with Crippen molar-refractivity contribution in [3.05, 3.63) is 6.20 Å². The Bertz CT molecular complexity index is 231. The number of rotatable bonds is 1. The molecule has 0 aliphatic carbocycles. The molecule has 0 atom stereocenters. The molecule has 0 spiro atoms. The van der Waals surface area contributed by atoms with Gasteiger partial charge in [-0.2, -0.15) is 5.26 Å². The van der Waals surface area contributed by atoms with E-state index < -0.39 is 0 Å². The normalized spacial score (nSPS) is 8.78. The van der Waals surface area contributed by atoms with E-state index in [1.54, 1.807) is 0 Å². The van der Waals surface area contributed by atoms with Gasteiger partial charge in [0.1, 0.15) is 6.54 Å². The molecular weight excluding hydrogens is 118 g/mol. The maximum Gasteiger partial charge on any atom is 0.165 e. The van der Waals surface area contributed by atoms with Gasteiger partial charge in [-0.05, 0) is 0 Å². The lowest BCUT2D eigenvalue weighted by Crippen LogP contribution is -1.94. The van der Waals surface area contributed by atoms with Crippen molar-refractivity contribution in [1.82, 2.24) is 15.0 Å². The minimum Gasteiger partial charge on any atom is -0.381 e. The van der Waals surface area contributed by atoms with E-state index in [-0.39, 0.29) is 6.54 Å². The molecular formula is C4H5N5. The second-order valence-corrected chi connectivity index (χ2v) is 1.50. The fraction of sp³-hybridized carbons (Fsp3) is 0.250. The van der Waals surface area contributed by atoms with Crippen LogP contribution in [0.3, 0.4) is 0 Å². The summed E-state index contributed by atoms with van der Waals surface area (Å²) in [5, 5.41) is 15.1. The van der Waals surface area contributed by atoms with Crippen LogP contribution >= 0.6 is 0 Å². The van der Waals surface area contributed by atoms with Gasteiger partial charge in [-0.1, -0.05) is 5.21 Å². The zero-order chi connectivity index (χ0) is 6.69. The molecule has 46 valence electrons. The third kappa shape index (κ3) is 1.16. The molecule has 9 heavy (non-hydrogen) atoms. The van der Waals surface area contributed by atoms with Crippen LogP contribution in [0.5, 0.6) is 0 Å². The van der Waals surface area contributed by atoms with E-state index >= 15 is 0 Å². The van der Waals surface area contributed by atoms with E-state index in [0.717, 1.165) is 0 Å². The summed E-state index contributed by atoms with van der Waals surface area (Å²) in [6.07, 6.45) is 1.50. The lowest BCUT2D eigenvalue weighted by molar-refractivity contribution is 0.668. The number of nitrogens with zero attached hydrogens (tertiary/aromatic N) is 4. The van der Waals surface area contributed by atoms with Gasteiger partial charge >= 0.3 is 0 Å². The Morgan fingerprint density at radius 3 is 3.11 bits per heavy atom. The number of aromatic nitrogens is 3. The van der Waals surface area contributed by atoms with Gasteiger partial charge < -0.3 is 5.73 Å². The fourth-order valence-corrected chi connectivity index (χ4v) is 0.463. The van der Waals surface area contributed by atoms with Crippen molar-refractivity contribution in [1.29, 1.82) is 5.26 Å². The van der Waals surface area contributed by atoms with Crippen LogP contribution in [-0.4, -0.2) is 15.0 Å². The topological polar surface area (TPSA) is 80.5 Å². The van der Waals surface area contributed by atoms with Gasteiger partial charge in [0.15, 0.2) is 5.82 Å². The minimum absolute atomic E-state index is 0.199. The van der Waals surface area contributed by atoms with Crippen molar-refractivity contribution in [2.24, 2.45) is 0 Å². The maximum absolute atomic E-state index is 8.15. The Hall–Kier alpha value is -1.57. The molecule has 0 bridgehead atoms. The largest absolute Gasteiger partial charge is 0.381 e. The van der Waals surface area contributed by atoms with Gasteiger partial charge in [0.05, 0.1) is 12.3 Å². The SMILES string of the molecule is N#CCn1cc(N)nn1. The number of nitrogen functional groups attached to an aromatic ring is 1. The summed E-state index contributed by atoms with van der Waals surface area (Å²) in [5.41, 5.74) is 5.21. The Kier molecular flexibility index (Phi) is 1.32. The van der Waals surface area contributed by atoms with Crippen LogP contribution in [0.25, 0.3) is 0 Å². The van der Waals surface area contributed by atoms with Crippen LogP contribution in [0.2, 0.25) is 0 Å². The molecule has 1 aromatic heterocycles. The molecule has 0 radical (unpaired) electrons. The van der Waals surface area contributed by atoms with E-state index in [2.05, 4.69) is 10.3 Å². The van der Waals surface area contributed by atoms with Gasteiger partial charge in [-0.3, -0.25) is 0 Å². The first-order chi connectivity index (χ1) is 4.33. The number of nitrogens with two attached hydrogens (primary N) is 1. The lowest BCUT2D eigenvalue weighted by atomic mass is 10.7. The van der Waals surface area contributed by atoms with Gasteiger partial charge in [0.2, 0.25) is 0 Å². The number of hydrogen-bond acceptors (Lipinski definition) is 4. The maximum atomic E-state index is 8.15. The van der Waals surface area contributed by atoms with Gasteiger partial charge in [-0.15, -0.1) is 5.10 Å². The molecule has 2 N–H and O–H groups in total. The predicted molar refractivity (Wildman–Crippen MR) is 30.0 cm³/mol. The van der Waals surface area contributed by atoms with Crippen LogP contribution in [-0.2, 0) is 6.54 Å². The zero-order valence-corrected chi connectivity index (χ0v) is 4.65. The molecule has 0 aliphatic rings. The molecule has 0 saturated heterocycles. The highest BCUT2D eigenvalue weighted by Gasteiger charge is 1.91. The smallest absolute Gasteiger partial charge is 0.165 e. The molecule has 0 fully saturated rings. The summed E-state index contributed by atoms with van der Waals surface area (Å²) in [4.78, 5) is 0. The monoisotopic (exact) mass is 123 g/mol. The average Bonchev–Trinajstić information content (AvgIpc) is 2.17. The van der Waals surface area contributed by atoms with Crippen molar-refractivity contribution in [3.8, 4) is 6.07 Å². The molecule has 0 unspecified atom stereocenters. The van der Waals surface area contributed by atoms with E-state index in [4.69, 9.17) is 11.0 Å². The van der Waals surface area contributed by atoms with Gasteiger partial charge in [0.25, 0.3) is 0 Å². The van der Waals surface area contributed by atoms with Crippen LogP contribution in [0, 0.1) is 11.3 Å². The molecule has 5 heteroatoms. The third-order valence-electron chi connectivity index (χ3n) is 0.789. The number of nitriles is 1. The van der Waals surface area contributed by atoms with Crippen molar-refractivity contribution in [3.63, 3.8) is 0 Å². The summed E-state index contributed by atoms with van der Waals surface area (Å²) in [6.45, 7) is 0.199. The average molecular weight is 123 g/mol. The summed E-state index contributed by atoms with van der Waals surface area (Å²) >= 11 is 0. The highest BCUT2D eigenvalue weighted by Crippen LogP contribution is 1.89. The van der Waals surface area contributed by atoms with Crippen LogP contribution in [0.4, 0.5) is 5.82 Å². The quantitative estimate of drug-likeness (QED) is 0.539. The van der Waals surface area contributed by atoms with Gasteiger partial charge in [0, 0.05) is 0 Å². The second kappa shape index (κ2) is 2.13. The summed E-state index contributed by atoms with van der Waals surface area (Å²) in [5.74, 6) is 0.338. The second-order valence-electron chi connectivity index (χ2n) is 1.50. The molecule has 0 saturated carbocycles. The Labute approximate surface area is 51.7 Å². The Morgan fingerprint density at radius 1 is 1.89 bits per heavy atom. The van der Waals surface area contributed by atoms with E-state index in [9.17, 15) is 0 Å². The van der Waals surface area contributed by atoms with Crippen molar-refractivity contribution < 1.29 is 0 Å². The van der Waals surface area contributed by atoms with Crippen LogP contribution < -0.4 is 5.73 Å². The van der Waals surface area contributed by atoms with Crippen molar-refractivity contribution >= 4 is 5.82 Å². The summed E-state index contributed by atoms with van der Waals surface area (Å²) < 4.78 is 1.37. The zero-order valence-electron chi connectivity index (χ0n) is 4.65. The van der Waals surface area contributed by atoms with Gasteiger partial charge in [-0.25, -0.2) is 4.68 Å². The van der Waals surface area contributed by atoms with Crippen LogP contribution in [0.15, 0.2) is 6.20 Å². The van der Waals surface area contributed by atoms with E-state index in [0.29, 0.717) is 5.82 Å².